The number of hydrazine groups is 1. The van der Waals surface area contributed by atoms with Crippen LogP contribution in [-0.4, -0.2) is 32.3 Å². The highest BCUT2D eigenvalue weighted by atomic mass is 19.4. The zero-order valence-electron chi connectivity index (χ0n) is 10.5. The van der Waals surface area contributed by atoms with Gasteiger partial charge in [-0.15, -0.1) is 13.2 Å². The molecule has 1 heterocycles. The molecule has 1 aromatic rings. The summed E-state index contributed by atoms with van der Waals surface area (Å²) >= 11 is 0. The Kier molecular flexibility index (Phi) is 4.81. The van der Waals surface area contributed by atoms with Gasteiger partial charge in [-0.3, -0.25) is 11.3 Å². The van der Waals surface area contributed by atoms with Crippen molar-refractivity contribution in [3.05, 3.63) is 29.8 Å². The van der Waals surface area contributed by atoms with Crippen LogP contribution in [0.25, 0.3) is 0 Å². The summed E-state index contributed by atoms with van der Waals surface area (Å²) in [5.74, 6) is 5.17. The van der Waals surface area contributed by atoms with Gasteiger partial charge >= 0.3 is 6.36 Å². The van der Waals surface area contributed by atoms with Gasteiger partial charge in [-0.1, -0.05) is 12.1 Å². The topological polar surface area (TPSA) is 65.7 Å². The molecule has 0 amide bonds. The molecule has 0 bridgehead atoms. The molecule has 0 saturated carbocycles. The molecule has 1 aliphatic heterocycles. The number of hydrogen-bond acceptors (Lipinski definition) is 5. The van der Waals surface area contributed by atoms with Gasteiger partial charge in [0.15, 0.2) is 0 Å². The average molecular weight is 292 g/mol. The van der Waals surface area contributed by atoms with Gasteiger partial charge in [0.05, 0.1) is 25.9 Å². The average Bonchev–Trinajstić information content (AvgIpc) is 2.39. The Hall–Kier alpha value is -1.35. The molecule has 20 heavy (non-hydrogen) atoms. The zero-order chi connectivity index (χ0) is 14.6. The number of nitrogens with two attached hydrogens (primary N) is 1. The summed E-state index contributed by atoms with van der Waals surface area (Å²) in [6.07, 6.45) is -5.09. The lowest BCUT2D eigenvalue weighted by Crippen LogP contribution is -2.43. The van der Waals surface area contributed by atoms with Crippen LogP contribution in [0.4, 0.5) is 13.2 Å². The third kappa shape index (κ3) is 4.07. The lowest BCUT2D eigenvalue weighted by molar-refractivity contribution is -0.274. The smallest absolute Gasteiger partial charge is 0.406 e. The molecular formula is C12H15F3N2O3. The molecule has 2 rings (SSSR count). The second kappa shape index (κ2) is 6.40. The second-order valence-corrected chi connectivity index (χ2v) is 4.25. The molecule has 5 nitrogen and oxygen atoms in total. The molecule has 3 N–H and O–H groups in total. The van der Waals surface area contributed by atoms with Crippen LogP contribution in [0.15, 0.2) is 24.3 Å². The van der Waals surface area contributed by atoms with Crippen molar-refractivity contribution in [3.63, 3.8) is 0 Å². The van der Waals surface area contributed by atoms with Gasteiger partial charge in [-0.25, -0.2) is 0 Å². The number of benzene rings is 1. The molecule has 2 atom stereocenters. The first-order chi connectivity index (χ1) is 9.49. The molecule has 1 fully saturated rings. The van der Waals surface area contributed by atoms with Crippen LogP contribution in [0.5, 0.6) is 5.75 Å². The number of nitrogens with one attached hydrogen (secondary N) is 1. The lowest BCUT2D eigenvalue weighted by atomic mass is 10.0. The van der Waals surface area contributed by atoms with Crippen molar-refractivity contribution < 1.29 is 27.4 Å². The predicted molar refractivity (Wildman–Crippen MR) is 63.7 cm³/mol. The van der Waals surface area contributed by atoms with Gasteiger partial charge in [0.25, 0.3) is 0 Å². The molecule has 0 aromatic heterocycles. The fraction of sp³-hybridized carbons (Fsp3) is 0.500. The van der Waals surface area contributed by atoms with Crippen LogP contribution in [-0.2, 0) is 9.47 Å². The monoisotopic (exact) mass is 292 g/mol. The lowest BCUT2D eigenvalue weighted by Gasteiger charge is -2.30. The standard InChI is InChI=1S/C12H15F3N2O3/c13-12(14,15)20-9-3-1-2-8(6-9)11(17-16)10-7-18-4-5-19-10/h1-3,6,10-11,17H,4-5,7,16H2. The minimum Gasteiger partial charge on any atom is -0.406 e. The number of halogens is 3. The second-order valence-electron chi connectivity index (χ2n) is 4.25. The minimum absolute atomic E-state index is 0.299. The summed E-state index contributed by atoms with van der Waals surface area (Å²) in [5, 5.41) is 0. The normalized spacial score (nSPS) is 21.5. The third-order valence-corrected chi connectivity index (χ3v) is 2.84. The largest absolute Gasteiger partial charge is 0.573 e. The summed E-state index contributed by atoms with van der Waals surface area (Å²) < 4.78 is 51.3. The SMILES string of the molecule is NNC(c1cccc(OC(F)(F)F)c1)C1COCCO1. The van der Waals surface area contributed by atoms with Crippen LogP contribution in [0.3, 0.4) is 0 Å². The van der Waals surface area contributed by atoms with Crippen LogP contribution in [0.1, 0.15) is 11.6 Å². The van der Waals surface area contributed by atoms with Crippen molar-refractivity contribution in [2.45, 2.75) is 18.5 Å². The van der Waals surface area contributed by atoms with E-state index in [4.69, 9.17) is 15.3 Å². The van der Waals surface area contributed by atoms with Gasteiger partial charge in [0.1, 0.15) is 11.9 Å². The summed E-state index contributed by atoms with van der Waals surface area (Å²) in [5.41, 5.74) is 3.07. The Labute approximate surface area is 113 Å². The Balaban J connectivity index is 2.14. The molecule has 0 spiro atoms. The van der Waals surface area contributed by atoms with Crippen molar-refractivity contribution in [2.24, 2.45) is 5.84 Å². The molecule has 1 aliphatic rings. The van der Waals surface area contributed by atoms with E-state index < -0.39 is 12.4 Å². The van der Waals surface area contributed by atoms with Gasteiger partial charge in [0.2, 0.25) is 0 Å². The maximum Gasteiger partial charge on any atom is 0.573 e. The predicted octanol–water partition coefficient (Wildman–Crippen LogP) is 1.50. The van der Waals surface area contributed by atoms with Gasteiger partial charge in [0, 0.05) is 0 Å². The van der Waals surface area contributed by atoms with Crippen LogP contribution in [0.2, 0.25) is 0 Å². The molecule has 112 valence electrons. The molecule has 1 aromatic carbocycles. The first kappa shape index (κ1) is 15.0. The number of ether oxygens (including phenoxy) is 3. The molecule has 2 unspecified atom stereocenters. The summed E-state index contributed by atoms with van der Waals surface area (Å²) in [6, 6.07) is 5.13. The molecule has 0 radical (unpaired) electrons. The van der Waals surface area contributed by atoms with Crippen molar-refractivity contribution in [1.29, 1.82) is 0 Å². The van der Waals surface area contributed by atoms with E-state index in [1.807, 2.05) is 0 Å². The number of alkyl halides is 3. The Morgan fingerprint density at radius 3 is 2.75 bits per heavy atom. The van der Waals surface area contributed by atoms with Gasteiger partial charge in [-0.2, -0.15) is 0 Å². The fourth-order valence-corrected chi connectivity index (χ4v) is 2.02. The van der Waals surface area contributed by atoms with E-state index in [0.29, 0.717) is 25.4 Å². The highest BCUT2D eigenvalue weighted by molar-refractivity contribution is 5.31. The maximum atomic E-state index is 12.2. The van der Waals surface area contributed by atoms with Crippen LogP contribution >= 0.6 is 0 Å². The highest BCUT2D eigenvalue weighted by Gasteiger charge is 2.32. The first-order valence-corrected chi connectivity index (χ1v) is 6.01. The van der Waals surface area contributed by atoms with Crippen LogP contribution in [0, 0.1) is 0 Å². The summed E-state index contributed by atoms with van der Waals surface area (Å²) in [6.45, 7) is 1.23. The maximum absolute atomic E-state index is 12.2. The molecule has 0 aliphatic carbocycles. The molecular weight excluding hydrogens is 277 g/mol. The number of hydrogen-bond donors (Lipinski definition) is 2. The van der Waals surface area contributed by atoms with Crippen molar-refractivity contribution in [3.8, 4) is 5.75 Å². The van der Waals surface area contributed by atoms with E-state index in [-0.39, 0.29) is 11.9 Å². The van der Waals surface area contributed by atoms with Crippen molar-refractivity contribution >= 4 is 0 Å². The zero-order valence-corrected chi connectivity index (χ0v) is 10.5. The molecule has 8 heteroatoms. The van der Waals surface area contributed by atoms with E-state index in [9.17, 15) is 13.2 Å². The summed E-state index contributed by atoms with van der Waals surface area (Å²) in [7, 11) is 0. The van der Waals surface area contributed by atoms with E-state index in [0.717, 1.165) is 0 Å². The van der Waals surface area contributed by atoms with E-state index in [1.165, 1.54) is 18.2 Å². The van der Waals surface area contributed by atoms with Gasteiger partial charge < -0.3 is 14.2 Å². The Morgan fingerprint density at radius 1 is 1.35 bits per heavy atom. The van der Waals surface area contributed by atoms with Crippen molar-refractivity contribution in [1.82, 2.24) is 5.43 Å². The quantitative estimate of drug-likeness (QED) is 0.650. The highest BCUT2D eigenvalue weighted by Crippen LogP contribution is 2.27. The Bertz CT molecular complexity index is 436. The minimum atomic E-state index is -4.73. The van der Waals surface area contributed by atoms with E-state index in [1.54, 1.807) is 6.07 Å². The third-order valence-electron chi connectivity index (χ3n) is 2.84. The number of rotatable bonds is 4. The van der Waals surface area contributed by atoms with Gasteiger partial charge in [-0.05, 0) is 17.7 Å². The molecule has 1 saturated heterocycles. The van der Waals surface area contributed by atoms with Crippen LogP contribution < -0.4 is 16.0 Å². The fourth-order valence-electron chi connectivity index (χ4n) is 2.02. The first-order valence-electron chi connectivity index (χ1n) is 6.01. The van der Waals surface area contributed by atoms with E-state index >= 15 is 0 Å². The van der Waals surface area contributed by atoms with Crippen molar-refractivity contribution in [2.75, 3.05) is 19.8 Å². The Morgan fingerprint density at radius 2 is 2.15 bits per heavy atom. The summed E-state index contributed by atoms with van der Waals surface area (Å²) in [4.78, 5) is 0. The van der Waals surface area contributed by atoms with E-state index in [2.05, 4.69) is 10.2 Å².